The molecule has 3 aliphatic carbocycles. The molecular weight excluding hydrogens is 308 g/mol. The number of carbonyl (C=O) groups excluding carboxylic acids is 1. The van der Waals surface area contributed by atoms with Crippen molar-refractivity contribution in [2.45, 2.75) is 83.5 Å². The number of fused-ring (bicyclic) bond motifs is 3. The van der Waals surface area contributed by atoms with Gasteiger partial charge in [0.25, 0.3) is 0 Å². The van der Waals surface area contributed by atoms with Crippen molar-refractivity contribution in [3.05, 3.63) is 42.0 Å². The molecule has 3 fully saturated rings. The molecule has 0 N–H and O–H groups in total. The van der Waals surface area contributed by atoms with E-state index >= 15 is 0 Å². The molecule has 1 aromatic carbocycles. The van der Waals surface area contributed by atoms with Crippen LogP contribution in [0.2, 0.25) is 0 Å². The van der Waals surface area contributed by atoms with Gasteiger partial charge in [0.2, 0.25) is 0 Å². The zero-order chi connectivity index (χ0) is 17.8. The van der Waals surface area contributed by atoms with E-state index in [0.717, 1.165) is 0 Å². The fourth-order valence-corrected chi connectivity index (χ4v) is 4.98. The van der Waals surface area contributed by atoms with Crippen LogP contribution in [0.4, 0.5) is 0 Å². The Bertz CT molecular complexity index is 587. The minimum Gasteiger partial charge on any atom is -0.423 e. The summed E-state index contributed by atoms with van der Waals surface area (Å²) in [6, 6.07) is 8.30. The lowest BCUT2D eigenvalue weighted by Gasteiger charge is -2.54. The normalized spacial score (nSPS) is 28.4. The fraction of sp³-hybridized carbons (Fsp3) is 0.609. The highest BCUT2D eigenvalue weighted by atomic mass is 16.5. The molecule has 0 atom stereocenters. The first-order valence-corrected chi connectivity index (χ1v) is 10.1. The van der Waals surface area contributed by atoms with Gasteiger partial charge in [-0.25, -0.2) is 4.79 Å². The van der Waals surface area contributed by atoms with Gasteiger partial charge < -0.3 is 4.74 Å². The molecule has 0 amide bonds. The highest BCUT2D eigenvalue weighted by Gasteiger charge is 2.48. The summed E-state index contributed by atoms with van der Waals surface area (Å²) in [4.78, 5) is 11.6. The van der Waals surface area contributed by atoms with Crippen molar-refractivity contribution in [3.8, 4) is 5.75 Å². The molecule has 3 saturated carbocycles. The minimum atomic E-state index is -0.305. The number of allylic oxidation sites excluding steroid dienone is 1. The molecule has 136 valence electrons. The molecule has 0 heterocycles. The SMILES string of the molecule is C/C=C/C(=O)Oc1ccc(C23CCC(CCCCC)(CC2)CC3)cc1. The third-order valence-electron chi connectivity index (χ3n) is 6.70. The minimum absolute atomic E-state index is 0.305. The third kappa shape index (κ3) is 3.99. The smallest absolute Gasteiger partial charge is 0.335 e. The molecule has 2 bridgehead atoms. The van der Waals surface area contributed by atoms with Crippen molar-refractivity contribution in [1.82, 2.24) is 0 Å². The van der Waals surface area contributed by atoms with Crippen molar-refractivity contribution >= 4 is 5.97 Å². The number of carbonyl (C=O) groups is 1. The monoisotopic (exact) mass is 340 g/mol. The summed E-state index contributed by atoms with van der Waals surface area (Å²) in [5, 5.41) is 0. The second-order valence-electron chi connectivity index (χ2n) is 8.18. The van der Waals surface area contributed by atoms with E-state index in [1.165, 1.54) is 75.8 Å². The number of rotatable bonds is 7. The molecule has 0 radical (unpaired) electrons. The lowest BCUT2D eigenvalue weighted by Crippen LogP contribution is -2.44. The molecule has 3 aliphatic rings. The first kappa shape index (κ1) is 18.2. The van der Waals surface area contributed by atoms with Gasteiger partial charge in [0.15, 0.2) is 0 Å². The van der Waals surface area contributed by atoms with E-state index in [1.54, 1.807) is 6.08 Å². The van der Waals surface area contributed by atoms with Crippen LogP contribution in [0, 0.1) is 5.41 Å². The molecule has 2 heteroatoms. The maximum absolute atomic E-state index is 11.6. The Labute approximate surface area is 152 Å². The molecule has 2 nitrogen and oxygen atoms in total. The summed E-state index contributed by atoms with van der Waals surface area (Å²) in [5.74, 6) is 0.337. The zero-order valence-corrected chi connectivity index (χ0v) is 15.9. The largest absolute Gasteiger partial charge is 0.423 e. The average molecular weight is 341 g/mol. The summed E-state index contributed by atoms with van der Waals surface area (Å²) in [7, 11) is 0. The lowest BCUT2D eigenvalue weighted by atomic mass is 9.51. The fourth-order valence-electron chi connectivity index (χ4n) is 4.98. The summed E-state index contributed by atoms with van der Waals surface area (Å²) >= 11 is 0. The molecule has 0 unspecified atom stereocenters. The first-order chi connectivity index (χ1) is 12.1. The number of ether oxygens (including phenoxy) is 1. The number of unbranched alkanes of at least 4 members (excludes halogenated alkanes) is 2. The number of esters is 1. The van der Waals surface area contributed by atoms with E-state index in [0.29, 0.717) is 16.6 Å². The van der Waals surface area contributed by atoms with Crippen LogP contribution in [-0.4, -0.2) is 5.97 Å². The third-order valence-corrected chi connectivity index (χ3v) is 6.70. The Morgan fingerprint density at radius 2 is 1.68 bits per heavy atom. The van der Waals surface area contributed by atoms with Gasteiger partial charge in [-0.3, -0.25) is 0 Å². The first-order valence-electron chi connectivity index (χ1n) is 10.1. The van der Waals surface area contributed by atoms with Gasteiger partial charge in [-0.1, -0.05) is 44.4 Å². The maximum Gasteiger partial charge on any atom is 0.335 e. The van der Waals surface area contributed by atoms with Crippen molar-refractivity contribution in [2.24, 2.45) is 5.41 Å². The summed E-state index contributed by atoms with van der Waals surface area (Å²) in [5.41, 5.74) is 2.47. The number of benzene rings is 1. The Kier molecular flexibility index (Phi) is 5.66. The Morgan fingerprint density at radius 3 is 2.24 bits per heavy atom. The molecule has 25 heavy (non-hydrogen) atoms. The predicted molar refractivity (Wildman–Crippen MR) is 103 cm³/mol. The second kappa shape index (κ2) is 7.76. The van der Waals surface area contributed by atoms with Gasteiger partial charge >= 0.3 is 5.97 Å². The summed E-state index contributed by atoms with van der Waals surface area (Å²) in [6.07, 6.45) is 16.9. The van der Waals surface area contributed by atoms with Crippen LogP contribution in [0.5, 0.6) is 5.75 Å². The molecule has 1 aromatic rings. The predicted octanol–water partition coefficient (Wildman–Crippen LogP) is 6.34. The van der Waals surface area contributed by atoms with E-state index in [4.69, 9.17) is 4.74 Å². The maximum atomic E-state index is 11.6. The van der Waals surface area contributed by atoms with Crippen LogP contribution in [0.1, 0.15) is 83.6 Å². The Hall–Kier alpha value is -1.57. The van der Waals surface area contributed by atoms with Gasteiger partial charge in [-0.05, 0) is 80.4 Å². The lowest BCUT2D eigenvalue weighted by molar-refractivity contribution is -0.129. The van der Waals surface area contributed by atoms with Gasteiger partial charge in [-0.2, -0.15) is 0 Å². The van der Waals surface area contributed by atoms with Gasteiger partial charge in [0.05, 0.1) is 0 Å². The van der Waals surface area contributed by atoms with Crippen LogP contribution in [0.15, 0.2) is 36.4 Å². The summed E-state index contributed by atoms with van der Waals surface area (Å²) in [6.45, 7) is 4.11. The van der Waals surface area contributed by atoms with Crippen molar-refractivity contribution in [1.29, 1.82) is 0 Å². The molecule has 0 saturated heterocycles. The number of hydrogen-bond acceptors (Lipinski definition) is 2. The van der Waals surface area contributed by atoms with Crippen LogP contribution < -0.4 is 4.74 Å². The van der Waals surface area contributed by atoms with Crippen molar-refractivity contribution in [3.63, 3.8) is 0 Å². The van der Waals surface area contributed by atoms with Crippen LogP contribution in [0.25, 0.3) is 0 Å². The van der Waals surface area contributed by atoms with E-state index in [-0.39, 0.29) is 5.97 Å². The number of hydrogen-bond donors (Lipinski definition) is 0. The van der Waals surface area contributed by atoms with E-state index < -0.39 is 0 Å². The van der Waals surface area contributed by atoms with E-state index in [9.17, 15) is 4.79 Å². The molecule has 0 aromatic heterocycles. The standard InChI is InChI=1S/C23H32O2/c1-3-5-6-12-22-13-16-23(17-14-22,18-15-22)19-8-10-20(11-9-19)25-21(24)7-4-2/h4,7-11H,3,5-6,12-18H2,1-2H3/b7-4+. The van der Waals surface area contributed by atoms with Crippen molar-refractivity contribution in [2.75, 3.05) is 0 Å². The van der Waals surface area contributed by atoms with E-state index in [1.807, 2.05) is 19.1 Å². The van der Waals surface area contributed by atoms with Crippen LogP contribution in [-0.2, 0) is 10.2 Å². The Balaban J connectivity index is 1.63. The van der Waals surface area contributed by atoms with Crippen LogP contribution in [0.3, 0.4) is 0 Å². The topological polar surface area (TPSA) is 26.3 Å². The van der Waals surface area contributed by atoms with Crippen molar-refractivity contribution < 1.29 is 9.53 Å². The second-order valence-corrected chi connectivity index (χ2v) is 8.18. The molecule has 0 spiro atoms. The molecule has 0 aliphatic heterocycles. The van der Waals surface area contributed by atoms with Gasteiger partial charge in [0.1, 0.15) is 5.75 Å². The van der Waals surface area contributed by atoms with Crippen LogP contribution >= 0.6 is 0 Å². The molecule has 4 rings (SSSR count). The van der Waals surface area contributed by atoms with Gasteiger partial charge in [0, 0.05) is 6.08 Å². The zero-order valence-electron chi connectivity index (χ0n) is 15.9. The molecular formula is C23H32O2. The summed E-state index contributed by atoms with van der Waals surface area (Å²) < 4.78 is 5.32. The highest BCUT2D eigenvalue weighted by molar-refractivity contribution is 5.83. The highest BCUT2D eigenvalue weighted by Crippen LogP contribution is 2.59. The van der Waals surface area contributed by atoms with E-state index in [2.05, 4.69) is 19.1 Å². The van der Waals surface area contributed by atoms with Gasteiger partial charge in [-0.15, -0.1) is 0 Å². The average Bonchev–Trinajstić information content (AvgIpc) is 2.64. The Morgan fingerprint density at radius 1 is 1.04 bits per heavy atom. The quantitative estimate of drug-likeness (QED) is 0.250.